The van der Waals surface area contributed by atoms with Crippen LogP contribution >= 0.6 is 0 Å². The summed E-state index contributed by atoms with van der Waals surface area (Å²) in [5.74, 6) is 1.83. The molecule has 0 unspecified atom stereocenters. The van der Waals surface area contributed by atoms with E-state index in [4.69, 9.17) is 10.5 Å². The van der Waals surface area contributed by atoms with Crippen molar-refractivity contribution in [3.8, 4) is 16.9 Å². The van der Waals surface area contributed by atoms with Crippen molar-refractivity contribution >= 4 is 33.6 Å². The number of ether oxygens (including phenoxy) is 1. The largest absolute Gasteiger partial charge is 0.497 e. The number of nitrogen functional groups attached to an aromatic ring is 1. The normalized spacial score (nSPS) is 11.5. The number of nitrogens with two attached hydrogens (primary N) is 1. The molecule has 0 radical (unpaired) electrons. The minimum absolute atomic E-state index is 0.457. The molecule has 34 heavy (non-hydrogen) atoms. The molecule has 174 valence electrons. The van der Waals surface area contributed by atoms with E-state index in [-0.39, 0.29) is 0 Å². The molecule has 0 aliphatic heterocycles. The van der Waals surface area contributed by atoms with E-state index in [1.54, 1.807) is 13.3 Å². The molecule has 8 nitrogen and oxygen atoms in total. The quantitative estimate of drug-likeness (QED) is 0.276. The van der Waals surface area contributed by atoms with Crippen LogP contribution in [0.25, 0.3) is 32.9 Å². The summed E-state index contributed by atoms with van der Waals surface area (Å²) in [7, 11) is 5.81. The van der Waals surface area contributed by atoms with Gasteiger partial charge >= 0.3 is 0 Å². The van der Waals surface area contributed by atoms with Gasteiger partial charge in [-0.2, -0.15) is 4.98 Å². The number of anilines is 2. The number of aromatic amines is 2. The van der Waals surface area contributed by atoms with Crippen molar-refractivity contribution in [1.29, 1.82) is 0 Å². The number of hydrogen-bond donors (Lipinski definition) is 4. The van der Waals surface area contributed by atoms with Crippen molar-refractivity contribution in [2.24, 2.45) is 0 Å². The van der Waals surface area contributed by atoms with Gasteiger partial charge in [0.25, 0.3) is 0 Å². The molecular weight excluding hydrogens is 426 g/mol. The predicted octanol–water partition coefficient (Wildman–Crippen LogP) is 4.41. The van der Waals surface area contributed by atoms with Crippen molar-refractivity contribution in [2.45, 2.75) is 13.0 Å². The van der Waals surface area contributed by atoms with Crippen molar-refractivity contribution < 1.29 is 4.74 Å². The zero-order valence-corrected chi connectivity index (χ0v) is 19.6. The van der Waals surface area contributed by atoms with Gasteiger partial charge in [-0.15, -0.1) is 0 Å². The first-order valence-electron chi connectivity index (χ1n) is 11.3. The average molecular weight is 456 g/mol. The van der Waals surface area contributed by atoms with Crippen molar-refractivity contribution in [1.82, 2.24) is 24.8 Å². The van der Waals surface area contributed by atoms with Gasteiger partial charge in [0.1, 0.15) is 11.6 Å². The highest BCUT2D eigenvalue weighted by atomic mass is 16.5. The zero-order chi connectivity index (χ0) is 23.7. The maximum Gasteiger partial charge on any atom is 0.224 e. The number of aromatic nitrogens is 4. The Morgan fingerprint density at radius 3 is 2.47 bits per heavy atom. The third-order valence-electron chi connectivity index (χ3n) is 6.04. The molecule has 0 atom stereocenters. The SMILES string of the molecule is COc1ccc2[nH]cc(CCNc3ncc(-c4ccc5[nH]cc(CN(C)C)c5c4)c(N)n3)c2c1. The molecule has 3 aromatic heterocycles. The van der Waals surface area contributed by atoms with Crippen LogP contribution in [0, 0.1) is 0 Å². The molecular formula is C26H29N7O. The summed E-state index contributed by atoms with van der Waals surface area (Å²) < 4.78 is 5.36. The second-order valence-corrected chi connectivity index (χ2v) is 8.71. The van der Waals surface area contributed by atoms with E-state index >= 15 is 0 Å². The Labute approximate surface area is 198 Å². The number of hydrogen-bond acceptors (Lipinski definition) is 6. The number of nitrogens with zero attached hydrogens (tertiary/aromatic N) is 3. The molecule has 5 N–H and O–H groups in total. The van der Waals surface area contributed by atoms with Crippen molar-refractivity contribution in [2.75, 3.05) is 38.8 Å². The Balaban J connectivity index is 1.30. The lowest BCUT2D eigenvalue weighted by Gasteiger charge is -2.10. The first-order valence-corrected chi connectivity index (χ1v) is 11.3. The van der Waals surface area contributed by atoms with E-state index in [1.807, 2.05) is 24.4 Å². The number of fused-ring (bicyclic) bond motifs is 2. The second kappa shape index (κ2) is 9.07. The first-order chi connectivity index (χ1) is 16.5. The van der Waals surface area contributed by atoms with E-state index in [0.29, 0.717) is 18.3 Å². The molecule has 0 spiro atoms. The lowest BCUT2D eigenvalue weighted by Crippen LogP contribution is -2.10. The minimum Gasteiger partial charge on any atom is -0.497 e. The summed E-state index contributed by atoms with van der Waals surface area (Å²) in [6.45, 7) is 1.55. The molecule has 0 amide bonds. The van der Waals surface area contributed by atoms with Crippen LogP contribution in [0.5, 0.6) is 5.75 Å². The Morgan fingerprint density at radius 2 is 1.74 bits per heavy atom. The van der Waals surface area contributed by atoms with E-state index in [2.05, 4.69) is 68.6 Å². The minimum atomic E-state index is 0.457. The summed E-state index contributed by atoms with van der Waals surface area (Å²) in [4.78, 5) is 17.8. The van der Waals surface area contributed by atoms with Crippen molar-refractivity contribution in [3.05, 3.63) is 66.1 Å². The number of nitrogens with one attached hydrogen (secondary N) is 3. The summed E-state index contributed by atoms with van der Waals surface area (Å²) >= 11 is 0. The van der Waals surface area contributed by atoms with E-state index in [1.165, 1.54) is 16.5 Å². The lowest BCUT2D eigenvalue weighted by molar-refractivity contribution is 0.404. The van der Waals surface area contributed by atoms with Crippen LogP contribution in [0.15, 0.2) is 55.0 Å². The highest BCUT2D eigenvalue weighted by molar-refractivity contribution is 5.89. The fraction of sp³-hybridized carbons (Fsp3) is 0.231. The van der Waals surface area contributed by atoms with Gasteiger partial charge in [0.2, 0.25) is 5.95 Å². The Hall–Kier alpha value is -4.04. The van der Waals surface area contributed by atoms with Gasteiger partial charge in [0.15, 0.2) is 0 Å². The number of methoxy groups -OCH3 is 1. The van der Waals surface area contributed by atoms with Crippen LogP contribution in [0.4, 0.5) is 11.8 Å². The van der Waals surface area contributed by atoms with Gasteiger partial charge in [0, 0.05) is 59.0 Å². The Kier molecular flexibility index (Phi) is 5.81. The number of benzene rings is 2. The third kappa shape index (κ3) is 4.27. The van der Waals surface area contributed by atoms with Gasteiger partial charge in [-0.1, -0.05) is 6.07 Å². The third-order valence-corrected chi connectivity index (χ3v) is 6.04. The van der Waals surface area contributed by atoms with Gasteiger partial charge in [-0.25, -0.2) is 4.98 Å². The molecule has 8 heteroatoms. The number of H-pyrrole nitrogens is 2. The molecule has 0 aliphatic rings. The zero-order valence-electron chi connectivity index (χ0n) is 19.6. The first kappa shape index (κ1) is 21.8. The van der Waals surface area contributed by atoms with Crippen LogP contribution in [-0.2, 0) is 13.0 Å². The van der Waals surface area contributed by atoms with Crippen LogP contribution < -0.4 is 15.8 Å². The monoisotopic (exact) mass is 455 g/mol. The summed E-state index contributed by atoms with van der Waals surface area (Å²) in [6.07, 6.45) is 6.70. The fourth-order valence-corrected chi connectivity index (χ4v) is 4.32. The van der Waals surface area contributed by atoms with E-state index in [0.717, 1.165) is 46.3 Å². The second-order valence-electron chi connectivity index (χ2n) is 8.71. The van der Waals surface area contributed by atoms with Crippen LogP contribution in [0.2, 0.25) is 0 Å². The molecule has 2 aromatic carbocycles. The maximum absolute atomic E-state index is 6.34. The molecule has 0 saturated carbocycles. The Bertz CT molecular complexity index is 1450. The van der Waals surface area contributed by atoms with Crippen LogP contribution in [0.3, 0.4) is 0 Å². The molecule has 3 heterocycles. The molecule has 0 saturated heterocycles. The maximum atomic E-state index is 6.34. The molecule has 0 aliphatic carbocycles. The summed E-state index contributed by atoms with van der Waals surface area (Å²) in [6, 6.07) is 12.3. The summed E-state index contributed by atoms with van der Waals surface area (Å²) in [5, 5.41) is 5.64. The summed E-state index contributed by atoms with van der Waals surface area (Å²) in [5.41, 5.74) is 12.8. The highest BCUT2D eigenvalue weighted by Gasteiger charge is 2.11. The Morgan fingerprint density at radius 1 is 1.00 bits per heavy atom. The van der Waals surface area contributed by atoms with Gasteiger partial charge in [0.05, 0.1) is 7.11 Å². The van der Waals surface area contributed by atoms with Crippen LogP contribution in [-0.4, -0.2) is 52.6 Å². The number of rotatable bonds is 8. The molecule has 5 aromatic rings. The van der Waals surface area contributed by atoms with E-state index < -0.39 is 0 Å². The topological polar surface area (TPSA) is 108 Å². The molecule has 5 rings (SSSR count). The highest BCUT2D eigenvalue weighted by Crippen LogP contribution is 2.30. The smallest absolute Gasteiger partial charge is 0.224 e. The fourth-order valence-electron chi connectivity index (χ4n) is 4.32. The van der Waals surface area contributed by atoms with Gasteiger partial charge < -0.3 is 30.7 Å². The average Bonchev–Trinajstić information content (AvgIpc) is 3.42. The van der Waals surface area contributed by atoms with Gasteiger partial charge in [-0.3, -0.25) is 0 Å². The van der Waals surface area contributed by atoms with Crippen molar-refractivity contribution in [3.63, 3.8) is 0 Å². The van der Waals surface area contributed by atoms with Gasteiger partial charge in [-0.05, 0) is 67.5 Å². The van der Waals surface area contributed by atoms with Crippen LogP contribution in [0.1, 0.15) is 11.1 Å². The molecule has 0 fully saturated rings. The molecule has 0 bridgehead atoms. The van der Waals surface area contributed by atoms with E-state index in [9.17, 15) is 0 Å². The standard InChI is InChI=1S/C26H29N7O/c1-33(2)15-18-13-30-23-6-4-16(10-20(18)23)22-14-31-26(32-25(22)27)28-9-8-17-12-29-24-7-5-19(34-3)11-21(17)24/h4-7,10-14,29-30H,8-9,15H2,1-3H3,(H3,27,28,31,32). The lowest BCUT2D eigenvalue weighted by atomic mass is 10.0. The predicted molar refractivity (Wildman–Crippen MR) is 138 cm³/mol.